The van der Waals surface area contributed by atoms with E-state index in [2.05, 4.69) is 21.2 Å². The van der Waals surface area contributed by atoms with Crippen LogP contribution >= 0.6 is 27.5 Å². The van der Waals surface area contributed by atoms with Crippen molar-refractivity contribution < 1.29 is 14.4 Å². The molecule has 3 amide bonds. The number of nitrogens with zero attached hydrogens (tertiary/aromatic N) is 1. The molecule has 0 unspecified atom stereocenters. The van der Waals surface area contributed by atoms with E-state index in [1.165, 1.54) is 0 Å². The number of anilines is 1. The molecule has 0 radical (unpaired) electrons. The number of amides is 3. The first kappa shape index (κ1) is 16.7. The highest BCUT2D eigenvalue weighted by Gasteiger charge is 2.35. The molecule has 0 aliphatic carbocycles. The van der Waals surface area contributed by atoms with E-state index in [4.69, 9.17) is 11.6 Å². The number of carbonyl (C=O) groups excluding carboxylic acids is 3. The van der Waals surface area contributed by atoms with E-state index >= 15 is 0 Å². The Morgan fingerprint density at radius 1 is 1.08 bits per heavy atom. The summed E-state index contributed by atoms with van der Waals surface area (Å²) in [6.07, 6.45) is 0.0130. The summed E-state index contributed by atoms with van der Waals surface area (Å²) in [7, 11) is 0. The molecule has 5 nitrogen and oxygen atoms in total. The zero-order chi connectivity index (χ0) is 17.3. The molecule has 2 aromatic carbocycles. The molecule has 0 bridgehead atoms. The zero-order valence-electron chi connectivity index (χ0n) is 12.4. The lowest BCUT2D eigenvalue weighted by Crippen LogP contribution is -2.32. The van der Waals surface area contributed by atoms with Gasteiger partial charge >= 0.3 is 0 Å². The fourth-order valence-corrected chi connectivity index (χ4v) is 3.02. The summed E-state index contributed by atoms with van der Waals surface area (Å²) in [5, 5.41) is 3.20. The van der Waals surface area contributed by atoms with Crippen LogP contribution in [-0.2, 0) is 4.79 Å². The van der Waals surface area contributed by atoms with Gasteiger partial charge in [-0.3, -0.25) is 19.3 Å². The van der Waals surface area contributed by atoms with Gasteiger partial charge in [0.15, 0.2) is 0 Å². The van der Waals surface area contributed by atoms with Crippen LogP contribution in [-0.4, -0.2) is 29.2 Å². The van der Waals surface area contributed by atoms with Crippen LogP contribution in [0.2, 0.25) is 5.02 Å². The summed E-state index contributed by atoms with van der Waals surface area (Å²) in [4.78, 5) is 37.7. The predicted octanol–water partition coefficient (Wildman–Crippen LogP) is 3.73. The molecule has 0 saturated heterocycles. The molecule has 3 rings (SSSR count). The number of halogens is 2. The molecular weight excluding hydrogens is 396 g/mol. The van der Waals surface area contributed by atoms with Gasteiger partial charge in [0.25, 0.3) is 11.8 Å². The van der Waals surface area contributed by atoms with E-state index in [-0.39, 0.29) is 30.7 Å². The number of hydrogen-bond acceptors (Lipinski definition) is 3. The normalized spacial score (nSPS) is 13.2. The van der Waals surface area contributed by atoms with Crippen molar-refractivity contribution in [1.82, 2.24) is 4.90 Å². The maximum atomic E-state index is 12.3. The van der Waals surface area contributed by atoms with E-state index in [9.17, 15) is 14.4 Å². The minimum absolute atomic E-state index is 0.0130. The summed E-state index contributed by atoms with van der Waals surface area (Å²) in [6, 6.07) is 11.7. The minimum atomic E-state index is -0.383. The van der Waals surface area contributed by atoms with Crippen molar-refractivity contribution >= 4 is 50.9 Å². The van der Waals surface area contributed by atoms with Gasteiger partial charge in [0.2, 0.25) is 5.91 Å². The molecule has 1 N–H and O–H groups in total. The number of rotatable bonds is 4. The second-order valence-electron chi connectivity index (χ2n) is 5.26. The Balaban J connectivity index is 1.64. The van der Waals surface area contributed by atoms with E-state index in [1.54, 1.807) is 42.5 Å². The standard InChI is InChI=1S/C17H12BrClN2O3/c18-10-4-5-13-14(8-10)17(24)21(16(13)23)7-6-15(22)20-12-3-1-2-11(19)9-12/h1-5,8-9H,6-7H2,(H,20,22). The first-order valence-electron chi connectivity index (χ1n) is 7.17. The van der Waals surface area contributed by atoms with Crippen molar-refractivity contribution in [2.75, 3.05) is 11.9 Å². The smallest absolute Gasteiger partial charge is 0.261 e. The third-order valence-corrected chi connectivity index (χ3v) is 4.33. The molecule has 7 heteroatoms. The van der Waals surface area contributed by atoms with E-state index < -0.39 is 0 Å². The van der Waals surface area contributed by atoms with Crippen molar-refractivity contribution in [3.05, 3.63) is 63.1 Å². The van der Waals surface area contributed by atoms with Crippen molar-refractivity contribution in [1.29, 1.82) is 0 Å². The summed E-state index contributed by atoms with van der Waals surface area (Å²) < 4.78 is 0.725. The highest BCUT2D eigenvalue weighted by atomic mass is 79.9. The van der Waals surface area contributed by atoms with Crippen LogP contribution < -0.4 is 5.32 Å². The van der Waals surface area contributed by atoms with Gasteiger partial charge in [0.05, 0.1) is 11.1 Å². The molecule has 0 saturated carbocycles. The van der Waals surface area contributed by atoms with Gasteiger partial charge in [-0.15, -0.1) is 0 Å². The topological polar surface area (TPSA) is 66.5 Å². The largest absolute Gasteiger partial charge is 0.326 e. The number of nitrogens with one attached hydrogen (secondary N) is 1. The van der Waals surface area contributed by atoms with Crippen LogP contribution in [0.25, 0.3) is 0 Å². The van der Waals surface area contributed by atoms with Crippen LogP contribution in [0.5, 0.6) is 0 Å². The van der Waals surface area contributed by atoms with Gasteiger partial charge in [-0.25, -0.2) is 0 Å². The lowest BCUT2D eigenvalue weighted by molar-refractivity contribution is -0.116. The Morgan fingerprint density at radius 2 is 1.83 bits per heavy atom. The molecule has 0 aromatic heterocycles. The van der Waals surface area contributed by atoms with E-state index in [0.29, 0.717) is 21.8 Å². The highest BCUT2D eigenvalue weighted by Crippen LogP contribution is 2.26. The molecular formula is C17H12BrClN2O3. The third-order valence-electron chi connectivity index (χ3n) is 3.60. The Kier molecular flexibility index (Phi) is 4.69. The number of fused-ring (bicyclic) bond motifs is 1. The first-order chi connectivity index (χ1) is 11.5. The SMILES string of the molecule is O=C(CCN1C(=O)c2ccc(Br)cc2C1=O)Nc1cccc(Cl)c1. The number of benzene rings is 2. The number of imide groups is 1. The average molecular weight is 408 g/mol. The summed E-state index contributed by atoms with van der Waals surface area (Å²) >= 11 is 9.14. The Bertz CT molecular complexity index is 853. The molecule has 0 spiro atoms. The van der Waals surface area contributed by atoms with Crippen LogP contribution in [0, 0.1) is 0 Å². The average Bonchev–Trinajstić information content (AvgIpc) is 2.76. The molecule has 1 heterocycles. The molecule has 24 heavy (non-hydrogen) atoms. The van der Waals surface area contributed by atoms with Crippen LogP contribution in [0.4, 0.5) is 5.69 Å². The fraction of sp³-hybridized carbons (Fsp3) is 0.118. The summed E-state index contributed by atoms with van der Waals surface area (Å²) in [5.74, 6) is -1.06. The summed E-state index contributed by atoms with van der Waals surface area (Å²) in [5.41, 5.74) is 1.28. The molecule has 2 aromatic rings. The monoisotopic (exact) mass is 406 g/mol. The molecule has 1 aliphatic heterocycles. The van der Waals surface area contributed by atoms with Gasteiger partial charge in [0.1, 0.15) is 0 Å². The molecule has 1 aliphatic rings. The molecule has 0 atom stereocenters. The van der Waals surface area contributed by atoms with Crippen LogP contribution in [0.15, 0.2) is 46.9 Å². The molecule has 122 valence electrons. The van der Waals surface area contributed by atoms with E-state index in [0.717, 1.165) is 9.37 Å². The van der Waals surface area contributed by atoms with Crippen LogP contribution in [0.1, 0.15) is 27.1 Å². The maximum Gasteiger partial charge on any atom is 0.261 e. The van der Waals surface area contributed by atoms with Crippen molar-refractivity contribution in [3.63, 3.8) is 0 Å². The lowest BCUT2D eigenvalue weighted by Gasteiger charge is -2.13. The van der Waals surface area contributed by atoms with Gasteiger partial charge in [-0.05, 0) is 36.4 Å². The highest BCUT2D eigenvalue weighted by molar-refractivity contribution is 9.10. The van der Waals surface area contributed by atoms with Crippen LogP contribution in [0.3, 0.4) is 0 Å². The Labute approximate surface area is 151 Å². The maximum absolute atomic E-state index is 12.3. The number of hydrogen-bond donors (Lipinski definition) is 1. The predicted molar refractivity (Wildman–Crippen MR) is 94.2 cm³/mol. The Hall–Kier alpha value is -2.18. The Morgan fingerprint density at radius 3 is 2.58 bits per heavy atom. The second kappa shape index (κ2) is 6.75. The second-order valence-corrected chi connectivity index (χ2v) is 6.61. The van der Waals surface area contributed by atoms with Gasteiger partial charge in [-0.1, -0.05) is 33.6 Å². The summed E-state index contributed by atoms with van der Waals surface area (Å²) in [6.45, 7) is 0.0242. The third kappa shape index (κ3) is 3.34. The molecule has 0 fully saturated rings. The van der Waals surface area contributed by atoms with Crippen molar-refractivity contribution in [3.8, 4) is 0 Å². The van der Waals surface area contributed by atoms with E-state index in [1.807, 2.05) is 0 Å². The zero-order valence-corrected chi connectivity index (χ0v) is 14.7. The van der Waals surface area contributed by atoms with Crippen molar-refractivity contribution in [2.24, 2.45) is 0 Å². The fourth-order valence-electron chi connectivity index (χ4n) is 2.47. The lowest BCUT2D eigenvalue weighted by atomic mass is 10.1. The van der Waals surface area contributed by atoms with Gasteiger partial charge in [0, 0.05) is 28.1 Å². The van der Waals surface area contributed by atoms with Crippen molar-refractivity contribution in [2.45, 2.75) is 6.42 Å². The first-order valence-corrected chi connectivity index (χ1v) is 8.34. The van der Waals surface area contributed by atoms with Gasteiger partial charge in [-0.2, -0.15) is 0 Å². The quantitative estimate of drug-likeness (QED) is 0.785. The number of carbonyl (C=O) groups is 3. The minimum Gasteiger partial charge on any atom is -0.326 e. The van der Waals surface area contributed by atoms with Gasteiger partial charge < -0.3 is 5.32 Å².